The van der Waals surface area contributed by atoms with Crippen molar-refractivity contribution in [1.82, 2.24) is 4.90 Å². The fraction of sp³-hybridized carbons (Fsp3) is 0.600. The fourth-order valence-electron chi connectivity index (χ4n) is 3.66. The van der Waals surface area contributed by atoms with E-state index in [1.807, 2.05) is 0 Å². The van der Waals surface area contributed by atoms with Crippen LogP contribution < -0.4 is 0 Å². The van der Waals surface area contributed by atoms with E-state index in [2.05, 4.69) is 4.90 Å². The van der Waals surface area contributed by atoms with Gasteiger partial charge in [0.25, 0.3) is 0 Å². The molecule has 1 aliphatic carbocycles. The molecule has 1 saturated heterocycles. The van der Waals surface area contributed by atoms with Gasteiger partial charge in [-0.3, -0.25) is 4.90 Å². The lowest BCUT2D eigenvalue weighted by molar-refractivity contribution is -0.137. The third kappa shape index (κ3) is 3.21. The number of benzene rings is 1. The summed E-state index contributed by atoms with van der Waals surface area (Å²) in [5, 5.41) is 9.58. The first-order chi connectivity index (χ1) is 9.81. The second-order valence-electron chi connectivity index (χ2n) is 6.19. The maximum absolute atomic E-state index is 13.4. The van der Waals surface area contributed by atoms with E-state index in [1.165, 1.54) is 0 Å². The molecule has 1 unspecified atom stereocenters. The Hall–Kier alpha value is -1.14. The van der Waals surface area contributed by atoms with E-state index >= 15 is 0 Å². The third-order valence-corrected chi connectivity index (χ3v) is 4.49. The lowest BCUT2D eigenvalue weighted by Crippen LogP contribution is -2.23. The first kappa shape index (κ1) is 14.8. The highest BCUT2D eigenvalue weighted by atomic mass is 19.4. The van der Waals surface area contributed by atoms with Gasteiger partial charge in [-0.1, -0.05) is 0 Å². The number of alkyl halides is 3. The van der Waals surface area contributed by atoms with Crippen LogP contribution in [0, 0.1) is 17.7 Å². The zero-order valence-electron chi connectivity index (χ0n) is 11.4. The summed E-state index contributed by atoms with van der Waals surface area (Å²) in [6.45, 7) is 1.85. The minimum absolute atomic E-state index is 0.242. The SMILES string of the molecule is OC1C[C@@H]2CN(Cc3cc(F)cc(C(F)(F)F)c3)C[C@@H]2C1. The van der Waals surface area contributed by atoms with Gasteiger partial charge in [-0.2, -0.15) is 13.2 Å². The van der Waals surface area contributed by atoms with Gasteiger partial charge in [-0.15, -0.1) is 0 Å². The second-order valence-corrected chi connectivity index (χ2v) is 6.19. The van der Waals surface area contributed by atoms with Gasteiger partial charge in [0.2, 0.25) is 0 Å². The molecular formula is C15H17F4NO. The van der Waals surface area contributed by atoms with Crippen molar-refractivity contribution >= 4 is 0 Å². The van der Waals surface area contributed by atoms with Crippen LogP contribution in [0.3, 0.4) is 0 Å². The molecule has 0 amide bonds. The predicted octanol–water partition coefficient (Wildman–Crippen LogP) is 3.05. The standard InChI is InChI=1S/C15H17F4NO/c16-13-2-9(1-12(5-13)15(17,18)19)6-20-7-10-3-14(21)4-11(10)8-20/h1-2,5,10-11,14,21H,3-4,6-8H2/t10-,11+,14?. The average molecular weight is 303 g/mol. The van der Waals surface area contributed by atoms with Crippen LogP contribution in [0.2, 0.25) is 0 Å². The van der Waals surface area contributed by atoms with Crippen LogP contribution in [-0.4, -0.2) is 29.2 Å². The molecule has 3 rings (SSSR count). The van der Waals surface area contributed by atoms with Crippen molar-refractivity contribution in [2.45, 2.75) is 31.7 Å². The minimum atomic E-state index is -4.53. The highest BCUT2D eigenvalue weighted by molar-refractivity contribution is 5.27. The monoisotopic (exact) mass is 303 g/mol. The first-order valence-corrected chi connectivity index (χ1v) is 7.08. The molecule has 1 saturated carbocycles. The van der Waals surface area contributed by atoms with E-state index in [1.54, 1.807) is 0 Å². The molecule has 2 fully saturated rings. The van der Waals surface area contributed by atoms with Crippen molar-refractivity contribution in [2.75, 3.05) is 13.1 Å². The zero-order valence-corrected chi connectivity index (χ0v) is 11.4. The van der Waals surface area contributed by atoms with Gasteiger partial charge in [-0.05, 0) is 48.4 Å². The molecule has 1 aromatic carbocycles. The number of hydrogen-bond acceptors (Lipinski definition) is 2. The van der Waals surface area contributed by atoms with Crippen molar-refractivity contribution in [1.29, 1.82) is 0 Å². The van der Waals surface area contributed by atoms with Crippen LogP contribution in [0.4, 0.5) is 17.6 Å². The van der Waals surface area contributed by atoms with Gasteiger partial charge in [0.05, 0.1) is 11.7 Å². The summed E-state index contributed by atoms with van der Waals surface area (Å²) in [6.07, 6.45) is -3.24. The van der Waals surface area contributed by atoms with E-state index in [9.17, 15) is 22.7 Å². The van der Waals surface area contributed by atoms with E-state index in [4.69, 9.17) is 0 Å². The van der Waals surface area contributed by atoms with E-state index in [-0.39, 0.29) is 6.10 Å². The van der Waals surface area contributed by atoms with Crippen LogP contribution in [0.15, 0.2) is 18.2 Å². The second kappa shape index (κ2) is 5.25. The first-order valence-electron chi connectivity index (χ1n) is 7.08. The molecule has 2 aliphatic rings. The molecule has 1 N–H and O–H groups in total. The van der Waals surface area contributed by atoms with Crippen molar-refractivity contribution in [3.63, 3.8) is 0 Å². The Morgan fingerprint density at radius 2 is 1.71 bits per heavy atom. The molecule has 0 bridgehead atoms. The third-order valence-electron chi connectivity index (χ3n) is 4.49. The van der Waals surface area contributed by atoms with Gasteiger partial charge >= 0.3 is 6.18 Å². The highest BCUT2D eigenvalue weighted by Crippen LogP contribution is 2.38. The van der Waals surface area contributed by atoms with Gasteiger partial charge in [-0.25, -0.2) is 4.39 Å². The van der Waals surface area contributed by atoms with Crippen molar-refractivity contribution < 1.29 is 22.7 Å². The normalized spacial score (nSPS) is 29.9. The number of rotatable bonds is 2. The Balaban J connectivity index is 1.70. The topological polar surface area (TPSA) is 23.5 Å². The summed E-state index contributed by atoms with van der Waals surface area (Å²) in [4.78, 5) is 2.05. The number of likely N-dealkylation sites (tertiary alicyclic amines) is 1. The summed E-state index contributed by atoms with van der Waals surface area (Å²) < 4.78 is 51.4. The Bertz CT molecular complexity index is 517. The summed E-state index contributed by atoms with van der Waals surface area (Å²) in [7, 11) is 0. The van der Waals surface area contributed by atoms with Gasteiger partial charge in [0, 0.05) is 19.6 Å². The van der Waals surface area contributed by atoms with Crippen molar-refractivity contribution in [3.05, 3.63) is 35.1 Å². The van der Waals surface area contributed by atoms with Gasteiger partial charge in [0.15, 0.2) is 0 Å². The van der Waals surface area contributed by atoms with Crippen molar-refractivity contribution in [2.24, 2.45) is 11.8 Å². The molecule has 3 atom stereocenters. The summed E-state index contributed by atoms with van der Waals surface area (Å²) >= 11 is 0. The quantitative estimate of drug-likeness (QED) is 0.849. The van der Waals surface area contributed by atoms with Crippen LogP contribution >= 0.6 is 0 Å². The van der Waals surface area contributed by atoms with Crippen LogP contribution in [-0.2, 0) is 12.7 Å². The zero-order chi connectivity index (χ0) is 15.2. The van der Waals surface area contributed by atoms with Gasteiger partial charge < -0.3 is 5.11 Å². The maximum Gasteiger partial charge on any atom is 0.416 e. The molecule has 1 heterocycles. The Morgan fingerprint density at radius 3 is 2.29 bits per heavy atom. The van der Waals surface area contributed by atoms with Gasteiger partial charge in [0.1, 0.15) is 5.82 Å². The number of halogens is 4. The summed E-state index contributed by atoms with van der Waals surface area (Å²) in [6, 6.07) is 2.71. The predicted molar refractivity (Wildman–Crippen MR) is 68.9 cm³/mol. The van der Waals surface area contributed by atoms with Crippen LogP contribution in [0.25, 0.3) is 0 Å². The van der Waals surface area contributed by atoms with Crippen LogP contribution in [0.5, 0.6) is 0 Å². The average Bonchev–Trinajstić information content (AvgIpc) is 2.83. The number of nitrogens with zero attached hydrogens (tertiary/aromatic N) is 1. The number of hydrogen-bond donors (Lipinski definition) is 1. The molecule has 2 nitrogen and oxygen atoms in total. The molecule has 1 aromatic rings. The molecule has 6 heteroatoms. The molecule has 21 heavy (non-hydrogen) atoms. The summed E-state index contributed by atoms with van der Waals surface area (Å²) in [5.41, 5.74) is -0.588. The van der Waals surface area contributed by atoms with Crippen LogP contribution in [0.1, 0.15) is 24.0 Å². The van der Waals surface area contributed by atoms with E-state index in [0.29, 0.717) is 30.0 Å². The van der Waals surface area contributed by atoms with Crippen molar-refractivity contribution in [3.8, 4) is 0 Å². The largest absolute Gasteiger partial charge is 0.416 e. The molecule has 0 aromatic heterocycles. The maximum atomic E-state index is 13.4. The molecular weight excluding hydrogens is 286 g/mol. The number of aliphatic hydroxyl groups is 1. The number of fused-ring (bicyclic) bond motifs is 1. The fourth-order valence-corrected chi connectivity index (χ4v) is 3.66. The number of aliphatic hydroxyl groups excluding tert-OH is 1. The highest BCUT2D eigenvalue weighted by Gasteiger charge is 2.40. The van der Waals surface area contributed by atoms with E-state index < -0.39 is 17.6 Å². The Kier molecular flexibility index (Phi) is 3.69. The molecule has 1 aliphatic heterocycles. The Morgan fingerprint density at radius 1 is 1.10 bits per heavy atom. The minimum Gasteiger partial charge on any atom is -0.393 e. The lowest BCUT2D eigenvalue weighted by Gasteiger charge is -2.18. The lowest BCUT2D eigenvalue weighted by atomic mass is 10.0. The molecule has 116 valence electrons. The van der Waals surface area contributed by atoms with E-state index in [0.717, 1.165) is 38.1 Å². The molecule has 0 spiro atoms. The summed E-state index contributed by atoms with van der Waals surface area (Å²) in [5.74, 6) is -0.0269. The smallest absolute Gasteiger partial charge is 0.393 e. The Labute approximate surface area is 120 Å². The molecule has 0 radical (unpaired) electrons.